The third-order valence-electron chi connectivity index (χ3n) is 5.62. The quantitative estimate of drug-likeness (QED) is 0.208. The van der Waals surface area contributed by atoms with Crippen molar-refractivity contribution in [3.63, 3.8) is 0 Å². The fourth-order valence-electron chi connectivity index (χ4n) is 3.68. The summed E-state index contributed by atoms with van der Waals surface area (Å²) in [6.07, 6.45) is 2.50. The lowest BCUT2D eigenvalue weighted by Gasteiger charge is -2.24. The average Bonchev–Trinajstić information content (AvgIpc) is 3.36. The van der Waals surface area contributed by atoms with Gasteiger partial charge in [-0.05, 0) is 38.4 Å². The van der Waals surface area contributed by atoms with Crippen LogP contribution in [0.15, 0.2) is 35.3 Å². The van der Waals surface area contributed by atoms with Gasteiger partial charge in [-0.1, -0.05) is 37.3 Å². The van der Waals surface area contributed by atoms with E-state index in [1.54, 1.807) is 0 Å². The maximum absolute atomic E-state index is 5.79. The minimum atomic E-state index is 0. The molecule has 1 atom stereocenters. The molecule has 1 fully saturated rings. The van der Waals surface area contributed by atoms with E-state index in [9.17, 15) is 0 Å². The summed E-state index contributed by atoms with van der Waals surface area (Å²) in [5.41, 5.74) is 1.18. The number of nitrogens with zero attached hydrogens (tertiary/aromatic N) is 5. The van der Waals surface area contributed by atoms with Crippen LogP contribution in [-0.2, 0) is 24.9 Å². The van der Waals surface area contributed by atoms with E-state index in [-0.39, 0.29) is 24.0 Å². The van der Waals surface area contributed by atoms with Gasteiger partial charge in [0, 0.05) is 26.2 Å². The van der Waals surface area contributed by atoms with Gasteiger partial charge in [0.15, 0.2) is 11.8 Å². The predicted molar refractivity (Wildman–Crippen MR) is 135 cm³/mol. The maximum Gasteiger partial charge on any atom is 0.191 e. The van der Waals surface area contributed by atoms with Crippen molar-refractivity contribution < 1.29 is 4.74 Å². The molecule has 9 heteroatoms. The molecule has 0 spiro atoms. The second-order valence-electron chi connectivity index (χ2n) is 7.66. The molecule has 2 aromatic rings. The molecule has 1 aromatic heterocycles. The lowest BCUT2D eigenvalue weighted by atomic mass is 10.2. The third kappa shape index (κ3) is 8.04. The first-order valence-corrected chi connectivity index (χ1v) is 10.9. The lowest BCUT2D eigenvalue weighted by Crippen LogP contribution is -2.45. The second-order valence-corrected chi connectivity index (χ2v) is 7.66. The summed E-state index contributed by atoms with van der Waals surface area (Å²) in [6, 6.07) is 10.8. The lowest BCUT2D eigenvalue weighted by molar-refractivity contribution is 0.125. The Morgan fingerprint density at radius 3 is 2.74 bits per heavy atom. The van der Waals surface area contributed by atoms with Crippen molar-refractivity contribution in [1.82, 2.24) is 30.3 Å². The first kappa shape index (κ1) is 25.5. The molecule has 2 N–H and O–H groups in total. The molecule has 172 valence electrons. The van der Waals surface area contributed by atoms with Crippen molar-refractivity contribution in [2.45, 2.75) is 45.9 Å². The highest BCUT2D eigenvalue weighted by molar-refractivity contribution is 14.0. The number of hydrogen-bond acceptors (Lipinski definition) is 5. The van der Waals surface area contributed by atoms with Crippen molar-refractivity contribution in [3.8, 4) is 0 Å². The van der Waals surface area contributed by atoms with E-state index in [4.69, 9.17) is 9.73 Å². The Kier molecular flexibility index (Phi) is 11.2. The highest BCUT2D eigenvalue weighted by Crippen LogP contribution is 2.15. The van der Waals surface area contributed by atoms with Gasteiger partial charge in [0.25, 0.3) is 0 Å². The van der Waals surface area contributed by atoms with Crippen LogP contribution in [0.4, 0.5) is 0 Å². The maximum atomic E-state index is 5.79. The van der Waals surface area contributed by atoms with Crippen LogP contribution < -0.4 is 10.6 Å². The highest BCUT2D eigenvalue weighted by Gasteiger charge is 2.22. The van der Waals surface area contributed by atoms with Crippen molar-refractivity contribution >= 4 is 29.9 Å². The first-order chi connectivity index (χ1) is 14.7. The zero-order valence-corrected chi connectivity index (χ0v) is 21.2. The van der Waals surface area contributed by atoms with E-state index < -0.39 is 0 Å². The molecular weight excluding hydrogens is 505 g/mol. The number of benzene rings is 1. The molecule has 0 amide bonds. The molecule has 2 heterocycles. The summed E-state index contributed by atoms with van der Waals surface area (Å²) < 4.78 is 7.76. The fraction of sp³-hybridized carbons (Fsp3) is 0.591. The molecule has 0 aliphatic carbocycles. The number of rotatable bonds is 10. The Bertz CT molecular complexity index is 796. The number of aliphatic imine (C=N–C) groups is 1. The van der Waals surface area contributed by atoms with Crippen LogP contribution in [0.2, 0.25) is 0 Å². The number of hydrogen-bond donors (Lipinski definition) is 2. The van der Waals surface area contributed by atoms with Gasteiger partial charge >= 0.3 is 0 Å². The van der Waals surface area contributed by atoms with E-state index in [2.05, 4.69) is 44.8 Å². The van der Waals surface area contributed by atoms with Crippen molar-refractivity contribution in [3.05, 3.63) is 47.5 Å². The van der Waals surface area contributed by atoms with Crippen molar-refractivity contribution in [1.29, 1.82) is 0 Å². The Balaban J connectivity index is 0.00000341. The molecule has 3 rings (SSSR count). The molecule has 0 bridgehead atoms. The van der Waals surface area contributed by atoms with E-state index in [0.717, 1.165) is 30.7 Å². The Morgan fingerprint density at radius 2 is 2.03 bits per heavy atom. The van der Waals surface area contributed by atoms with Gasteiger partial charge < -0.3 is 19.9 Å². The molecule has 1 aliphatic rings. The van der Waals surface area contributed by atoms with E-state index in [1.807, 2.05) is 36.7 Å². The number of guanidine groups is 1. The summed E-state index contributed by atoms with van der Waals surface area (Å²) in [5.74, 6) is 2.54. The van der Waals surface area contributed by atoms with Crippen LogP contribution in [0, 0.1) is 6.92 Å². The van der Waals surface area contributed by atoms with Crippen molar-refractivity contribution in [2.24, 2.45) is 12.0 Å². The molecule has 0 radical (unpaired) electrons. The van der Waals surface area contributed by atoms with Gasteiger partial charge in [-0.15, -0.1) is 34.2 Å². The van der Waals surface area contributed by atoms with E-state index in [0.29, 0.717) is 32.3 Å². The van der Waals surface area contributed by atoms with E-state index >= 15 is 0 Å². The Labute approximate surface area is 202 Å². The van der Waals surface area contributed by atoms with Crippen LogP contribution in [0.1, 0.15) is 37.0 Å². The molecule has 1 aliphatic heterocycles. The van der Waals surface area contributed by atoms with Gasteiger partial charge in [-0.3, -0.25) is 4.90 Å². The SMILES string of the molecule is CCN1CCCC1CNC(=NCc1nnc(C)n1C)NCCOCc1ccccc1.I. The second kappa shape index (κ2) is 13.6. The molecule has 0 saturated carbocycles. The molecule has 8 nitrogen and oxygen atoms in total. The van der Waals surface area contributed by atoms with Gasteiger partial charge in [0.1, 0.15) is 12.4 Å². The Morgan fingerprint density at radius 1 is 1.23 bits per heavy atom. The third-order valence-corrected chi connectivity index (χ3v) is 5.62. The minimum absolute atomic E-state index is 0. The van der Waals surface area contributed by atoms with Gasteiger partial charge in [0.05, 0.1) is 13.2 Å². The van der Waals surface area contributed by atoms with Gasteiger partial charge in [-0.2, -0.15) is 0 Å². The standard InChI is InChI=1S/C22H35N7O.HI/c1-4-29-13-8-11-20(29)15-24-22(25-16-21-27-26-18(2)28(21)3)23-12-14-30-17-19-9-6-5-7-10-19;/h5-7,9-10,20H,4,8,11-17H2,1-3H3,(H2,23,24,25);1H. The van der Waals surface area contributed by atoms with Crippen LogP contribution in [0.5, 0.6) is 0 Å². The monoisotopic (exact) mass is 541 g/mol. The highest BCUT2D eigenvalue weighted by atomic mass is 127. The predicted octanol–water partition coefficient (Wildman–Crippen LogP) is 2.48. The number of ether oxygens (including phenoxy) is 1. The normalized spacial score (nSPS) is 16.9. The average molecular weight is 541 g/mol. The molecular formula is C22H36IN7O. The number of likely N-dealkylation sites (N-methyl/N-ethyl adjacent to an activating group) is 1. The molecule has 31 heavy (non-hydrogen) atoms. The number of aryl methyl sites for hydroxylation is 1. The summed E-state index contributed by atoms with van der Waals surface area (Å²) >= 11 is 0. The minimum Gasteiger partial charge on any atom is -0.375 e. The van der Waals surface area contributed by atoms with Crippen LogP contribution >= 0.6 is 24.0 Å². The largest absolute Gasteiger partial charge is 0.375 e. The summed E-state index contributed by atoms with van der Waals surface area (Å²) in [6.45, 7) is 9.76. The zero-order chi connectivity index (χ0) is 21.2. The fourth-order valence-corrected chi connectivity index (χ4v) is 3.68. The first-order valence-electron chi connectivity index (χ1n) is 10.9. The number of nitrogens with one attached hydrogen (secondary N) is 2. The molecule has 1 aromatic carbocycles. The van der Waals surface area contributed by atoms with Crippen LogP contribution in [-0.4, -0.2) is 64.5 Å². The van der Waals surface area contributed by atoms with E-state index in [1.165, 1.54) is 24.9 Å². The number of aromatic nitrogens is 3. The van der Waals surface area contributed by atoms with Crippen LogP contribution in [0.3, 0.4) is 0 Å². The Hall–Kier alpha value is -1.72. The molecule has 1 unspecified atom stereocenters. The summed E-state index contributed by atoms with van der Waals surface area (Å²) in [5, 5.41) is 15.2. The van der Waals surface area contributed by atoms with Crippen molar-refractivity contribution in [2.75, 3.05) is 32.8 Å². The topological polar surface area (TPSA) is 79.6 Å². The summed E-state index contributed by atoms with van der Waals surface area (Å²) in [7, 11) is 1.97. The van der Waals surface area contributed by atoms with Gasteiger partial charge in [-0.25, -0.2) is 4.99 Å². The zero-order valence-electron chi connectivity index (χ0n) is 18.9. The van der Waals surface area contributed by atoms with Crippen LogP contribution in [0.25, 0.3) is 0 Å². The van der Waals surface area contributed by atoms with Gasteiger partial charge in [0.2, 0.25) is 0 Å². The molecule has 1 saturated heterocycles. The number of halogens is 1. The smallest absolute Gasteiger partial charge is 0.191 e. The summed E-state index contributed by atoms with van der Waals surface area (Å²) in [4.78, 5) is 7.26. The number of likely N-dealkylation sites (tertiary alicyclic amines) is 1.